The Kier molecular flexibility index (Phi) is 4.80. The number of hydrogen-bond donors (Lipinski definition) is 0. The monoisotopic (exact) mass is 358 g/mol. The van der Waals surface area contributed by atoms with Gasteiger partial charge in [-0.3, -0.25) is 0 Å². The molecule has 0 saturated carbocycles. The van der Waals surface area contributed by atoms with Crippen molar-refractivity contribution in [2.24, 2.45) is 0 Å². The van der Waals surface area contributed by atoms with Gasteiger partial charge in [-0.05, 0) is 44.4 Å². The lowest BCUT2D eigenvalue weighted by atomic mass is 10.2. The zero-order valence-corrected chi connectivity index (χ0v) is 16.3. The molecule has 0 amide bonds. The van der Waals surface area contributed by atoms with Gasteiger partial charge in [0.15, 0.2) is 0 Å². The van der Waals surface area contributed by atoms with Gasteiger partial charge in [0.1, 0.15) is 17.5 Å². The van der Waals surface area contributed by atoms with Crippen LogP contribution in [0.1, 0.15) is 30.8 Å². The number of benzene rings is 2. The van der Waals surface area contributed by atoms with E-state index in [-0.39, 0.29) is 0 Å². The standard InChI is InChI=1S/C23H26N4/c1-17(2)27(16-19-9-5-4-6-10-19)23-15-22(24-18(3)25-23)26-14-13-20-11-7-8-12-21(20)26/h4-12,15,17H,13-14,16H2,1-3H3. The van der Waals surface area contributed by atoms with Crippen LogP contribution in [0.3, 0.4) is 0 Å². The molecule has 0 atom stereocenters. The van der Waals surface area contributed by atoms with Gasteiger partial charge in [-0.2, -0.15) is 0 Å². The van der Waals surface area contributed by atoms with Crippen LogP contribution in [-0.2, 0) is 13.0 Å². The highest BCUT2D eigenvalue weighted by atomic mass is 15.3. The summed E-state index contributed by atoms with van der Waals surface area (Å²) in [5.74, 6) is 2.78. The molecule has 4 rings (SSSR count). The topological polar surface area (TPSA) is 32.3 Å². The molecule has 0 saturated heterocycles. The molecule has 0 aliphatic carbocycles. The second-order valence-electron chi connectivity index (χ2n) is 7.37. The molecule has 2 heterocycles. The molecule has 0 N–H and O–H groups in total. The molecular weight excluding hydrogens is 332 g/mol. The van der Waals surface area contributed by atoms with Crippen LogP contribution in [0.5, 0.6) is 0 Å². The predicted octanol–water partition coefficient (Wildman–Crippen LogP) is 4.89. The van der Waals surface area contributed by atoms with Crippen molar-refractivity contribution in [2.45, 2.75) is 39.8 Å². The minimum Gasteiger partial charge on any atom is -0.350 e. The van der Waals surface area contributed by atoms with Crippen molar-refractivity contribution < 1.29 is 0 Å². The Bertz CT molecular complexity index is 921. The molecule has 1 aromatic heterocycles. The van der Waals surface area contributed by atoms with Crippen LogP contribution < -0.4 is 9.80 Å². The van der Waals surface area contributed by atoms with E-state index in [4.69, 9.17) is 9.97 Å². The molecule has 2 aromatic carbocycles. The van der Waals surface area contributed by atoms with Gasteiger partial charge in [0.25, 0.3) is 0 Å². The molecule has 1 aliphatic rings. The number of hydrogen-bond acceptors (Lipinski definition) is 4. The van der Waals surface area contributed by atoms with E-state index in [1.807, 2.05) is 6.92 Å². The molecule has 0 unspecified atom stereocenters. The fourth-order valence-corrected chi connectivity index (χ4v) is 3.71. The quantitative estimate of drug-likeness (QED) is 0.650. The lowest BCUT2D eigenvalue weighted by Gasteiger charge is -2.29. The van der Waals surface area contributed by atoms with E-state index < -0.39 is 0 Å². The van der Waals surface area contributed by atoms with Crippen LogP contribution in [0.4, 0.5) is 17.3 Å². The fourth-order valence-electron chi connectivity index (χ4n) is 3.71. The van der Waals surface area contributed by atoms with E-state index in [0.717, 1.165) is 37.0 Å². The van der Waals surface area contributed by atoms with Crippen molar-refractivity contribution >= 4 is 17.3 Å². The van der Waals surface area contributed by atoms with Crippen molar-refractivity contribution in [3.8, 4) is 0 Å². The van der Waals surface area contributed by atoms with Crippen LogP contribution in [0.2, 0.25) is 0 Å². The molecule has 138 valence electrons. The van der Waals surface area contributed by atoms with Gasteiger partial charge in [0, 0.05) is 30.9 Å². The summed E-state index contributed by atoms with van der Waals surface area (Å²) in [5.41, 5.74) is 3.94. The Hall–Kier alpha value is -2.88. The van der Waals surface area contributed by atoms with Gasteiger partial charge in [-0.1, -0.05) is 48.5 Å². The highest BCUT2D eigenvalue weighted by molar-refractivity contribution is 5.69. The van der Waals surface area contributed by atoms with Crippen LogP contribution in [0.25, 0.3) is 0 Å². The molecule has 4 heteroatoms. The lowest BCUT2D eigenvalue weighted by Crippen LogP contribution is -2.31. The van der Waals surface area contributed by atoms with Gasteiger partial charge >= 0.3 is 0 Å². The highest BCUT2D eigenvalue weighted by Crippen LogP contribution is 2.34. The largest absolute Gasteiger partial charge is 0.350 e. The maximum absolute atomic E-state index is 4.77. The van der Waals surface area contributed by atoms with Crippen molar-refractivity contribution in [2.75, 3.05) is 16.3 Å². The number of aryl methyl sites for hydroxylation is 1. The Morgan fingerprint density at radius 1 is 1.00 bits per heavy atom. The number of anilines is 3. The predicted molar refractivity (Wildman–Crippen MR) is 112 cm³/mol. The summed E-state index contributed by atoms with van der Waals surface area (Å²) in [6, 6.07) is 21.7. The van der Waals surface area contributed by atoms with E-state index in [1.54, 1.807) is 0 Å². The van der Waals surface area contributed by atoms with E-state index >= 15 is 0 Å². The fraction of sp³-hybridized carbons (Fsp3) is 0.304. The van der Waals surface area contributed by atoms with Gasteiger partial charge in [0.2, 0.25) is 0 Å². The average Bonchev–Trinajstić information content (AvgIpc) is 3.10. The molecule has 0 radical (unpaired) electrons. The van der Waals surface area contributed by atoms with Crippen LogP contribution >= 0.6 is 0 Å². The van der Waals surface area contributed by atoms with E-state index in [2.05, 4.69) is 84.3 Å². The Labute approximate surface area is 161 Å². The SMILES string of the molecule is Cc1nc(N2CCc3ccccc32)cc(N(Cc2ccccc2)C(C)C)n1. The minimum atomic E-state index is 0.346. The molecule has 0 fully saturated rings. The first-order valence-corrected chi connectivity index (χ1v) is 9.63. The third kappa shape index (κ3) is 3.65. The number of aromatic nitrogens is 2. The number of nitrogens with zero attached hydrogens (tertiary/aromatic N) is 4. The van der Waals surface area contributed by atoms with Crippen LogP contribution in [0, 0.1) is 6.92 Å². The summed E-state index contributed by atoms with van der Waals surface area (Å²) >= 11 is 0. The maximum atomic E-state index is 4.77. The zero-order chi connectivity index (χ0) is 18.8. The smallest absolute Gasteiger partial charge is 0.138 e. The molecule has 4 nitrogen and oxygen atoms in total. The Balaban J connectivity index is 1.69. The lowest BCUT2D eigenvalue weighted by molar-refractivity contribution is 0.669. The van der Waals surface area contributed by atoms with Crippen molar-refractivity contribution in [1.29, 1.82) is 0 Å². The van der Waals surface area contributed by atoms with Gasteiger partial charge in [-0.15, -0.1) is 0 Å². The van der Waals surface area contributed by atoms with E-state index in [9.17, 15) is 0 Å². The average molecular weight is 358 g/mol. The normalized spacial score (nSPS) is 13.1. The van der Waals surface area contributed by atoms with Gasteiger partial charge < -0.3 is 9.80 Å². The summed E-state index contributed by atoms with van der Waals surface area (Å²) < 4.78 is 0. The summed E-state index contributed by atoms with van der Waals surface area (Å²) in [6.45, 7) is 8.22. The molecule has 3 aromatic rings. The first kappa shape index (κ1) is 17.5. The first-order valence-electron chi connectivity index (χ1n) is 9.63. The molecule has 1 aliphatic heterocycles. The van der Waals surface area contributed by atoms with Gasteiger partial charge in [-0.25, -0.2) is 9.97 Å². The van der Waals surface area contributed by atoms with E-state index in [1.165, 1.54) is 16.8 Å². The number of para-hydroxylation sites is 1. The third-order valence-corrected chi connectivity index (χ3v) is 5.09. The molecule has 0 bridgehead atoms. The van der Waals surface area contributed by atoms with Crippen LogP contribution in [-0.4, -0.2) is 22.6 Å². The first-order chi connectivity index (χ1) is 13.1. The van der Waals surface area contributed by atoms with Gasteiger partial charge in [0.05, 0.1) is 0 Å². The summed E-state index contributed by atoms with van der Waals surface area (Å²) in [7, 11) is 0. The molecule has 0 spiro atoms. The van der Waals surface area contributed by atoms with Crippen molar-refractivity contribution in [3.05, 3.63) is 77.6 Å². The highest BCUT2D eigenvalue weighted by Gasteiger charge is 2.23. The Morgan fingerprint density at radius 3 is 2.52 bits per heavy atom. The third-order valence-electron chi connectivity index (χ3n) is 5.09. The number of rotatable bonds is 5. The molecule has 27 heavy (non-hydrogen) atoms. The van der Waals surface area contributed by atoms with E-state index in [0.29, 0.717) is 6.04 Å². The summed E-state index contributed by atoms with van der Waals surface area (Å²) in [4.78, 5) is 14.2. The second-order valence-corrected chi connectivity index (χ2v) is 7.37. The summed E-state index contributed by atoms with van der Waals surface area (Å²) in [5, 5.41) is 0. The minimum absolute atomic E-state index is 0.346. The van der Waals surface area contributed by atoms with Crippen LogP contribution in [0.15, 0.2) is 60.7 Å². The van der Waals surface area contributed by atoms with Crippen molar-refractivity contribution in [3.63, 3.8) is 0 Å². The Morgan fingerprint density at radius 2 is 1.74 bits per heavy atom. The zero-order valence-electron chi connectivity index (χ0n) is 16.3. The summed E-state index contributed by atoms with van der Waals surface area (Å²) in [6.07, 6.45) is 1.06. The van der Waals surface area contributed by atoms with Crippen molar-refractivity contribution in [1.82, 2.24) is 9.97 Å². The number of fused-ring (bicyclic) bond motifs is 1. The maximum Gasteiger partial charge on any atom is 0.138 e. The second kappa shape index (κ2) is 7.39. The molecular formula is C23H26N4.